The molecule has 0 aliphatic rings. The van der Waals surface area contributed by atoms with E-state index in [1.165, 1.54) is 33.4 Å². The molecule has 0 saturated carbocycles. The van der Waals surface area contributed by atoms with Gasteiger partial charge in [-0.2, -0.15) is 0 Å². The fraction of sp³-hybridized carbons (Fsp3) is 0. The van der Waals surface area contributed by atoms with E-state index in [1.54, 1.807) is 0 Å². The van der Waals surface area contributed by atoms with Crippen molar-refractivity contribution in [3.05, 3.63) is 164 Å². The molecule has 0 bridgehead atoms. The molecule has 0 fully saturated rings. The molecule has 0 atom stereocenters. The van der Waals surface area contributed by atoms with Crippen LogP contribution in [0.15, 0.2) is 164 Å². The van der Waals surface area contributed by atoms with E-state index in [1.807, 2.05) is 0 Å². The van der Waals surface area contributed by atoms with E-state index >= 15 is 0 Å². The third-order valence-corrected chi connectivity index (χ3v) is 7.47. The van der Waals surface area contributed by atoms with Crippen LogP contribution in [0, 0.1) is 0 Å². The minimum Gasteiger partial charge on any atom is -0.247 e. The van der Waals surface area contributed by atoms with Gasteiger partial charge in [0.2, 0.25) is 0 Å². The Labute approximate surface area is 235 Å². The highest BCUT2D eigenvalue weighted by atomic mass is 14.7. The Morgan fingerprint density at radius 1 is 0.300 bits per heavy atom. The molecular weight excluding hydrogens is 482 g/mol. The lowest BCUT2D eigenvalue weighted by Gasteiger charge is -2.22. The van der Waals surface area contributed by atoms with Gasteiger partial charge in [-0.15, -0.1) is 0 Å². The van der Waals surface area contributed by atoms with E-state index in [-0.39, 0.29) is 0 Å². The van der Waals surface area contributed by atoms with Crippen LogP contribution in [0.1, 0.15) is 0 Å². The summed E-state index contributed by atoms with van der Waals surface area (Å²) < 4.78 is 0. The van der Waals surface area contributed by atoms with Crippen LogP contribution in [0.4, 0.5) is 0 Å². The van der Waals surface area contributed by atoms with Crippen molar-refractivity contribution in [2.24, 2.45) is 0 Å². The molecule has 1 nitrogen and oxygen atoms in total. The van der Waals surface area contributed by atoms with Gasteiger partial charge >= 0.3 is 0 Å². The number of hydrogen-bond donors (Lipinski definition) is 0. The zero-order chi connectivity index (χ0) is 26.7. The van der Waals surface area contributed by atoms with Gasteiger partial charge in [-0.1, -0.05) is 158 Å². The van der Waals surface area contributed by atoms with Gasteiger partial charge in [-0.25, -0.2) is 4.98 Å². The van der Waals surface area contributed by atoms with Gasteiger partial charge in [0.05, 0.1) is 11.2 Å². The molecule has 0 N–H and O–H groups in total. The van der Waals surface area contributed by atoms with E-state index in [0.717, 1.165) is 33.3 Å². The first kappa shape index (κ1) is 23.8. The van der Waals surface area contributed by atoms with Crippen molar-refractivity contribution in [1.29, 1.82) is 0 Å². The molecule has 0 spiro atoms. The predicted octanol–water partition coefficient (Wildman–Crippen LogP) is 10.6. The standard InChI is InChI=1S/C39H27N/c1-6-16-28(17-7-1)33-26-27-34-38(35(33)29-18-8-2-9-19-29)36(30-20-10-3-11-21-30)37(31-22-12-4-13-23-31)39(40-34)32-24-14-5-15-25-32/h1-27H. The summed E-state index contributed by atoms with van der Waals surface area (Å²) in [7, 11) is 0. The van der Waals surface area contributed by atoms with Crippen LogP contribution in [0.3, 0.4) is 0 Å². The lowest BCUT2D eigenvalue weighted by atomic mass is 9.83. The molecule has 7 rings (SSSR count). The predicted molar refractivity (Wildman–Crippen MR) is 169 cm³/mol. The third kappa shape index (κ3) is 4.28. The van der Waals surface area contributed by atoms with Gasteiger partial charge in [0, 0.05) is 22.1 Å². The fourth-order valence-corrected chi connectivity index (χ4v) is 5.70. The molecule has 0 aliphatic heterocycles. The molecule has 40 heavy (non-hydrogen) atoms. The van der Waals surface area contributed by atoms with E-state index in [4.69, 9.17) is 4.98 Å². The maximum atomic E-state index is 5.43. The smallest absolute Gasteiger partial charge is 0.0794 e. The number of hydrogen-bond acceptors (Lipinski definition) is 1. The number of fused-ring (bicyclic) bond motifs is 1. The van der Waals surface area contributed by atoms with Crippen molar-refractivity contribution in [2.45, 2.75) is 0 Å². The van der Waals surface area contributed by atoms with Crippen molar-refractivity contribution in [2.75, 3.05) is 0 Å². The van der Waals surface area contributed by atoms with Gasteiger partial charge in [0.1, 0.15) is 0 Å². The quantitative estimate of drug-likeness (QED) is 0.225. The lowest BCUT2D eigenvalue weighted by Crippen LogP contribution is -1.99. The molecule has 1 heteroatoms. The Hall–Kier alpha value is -5.27. The average Bonchev–Trinajstić information content (AvgIpc) is 3.05. The van der Waals surface area contributed by atoms with Gasteiger partial charge < -0.3 is 0 Å². The number of rotatable bonds is 5. The van der Waals surface area contributed by atoms with Gasteiger partial charge in [-0.3, -0.25) is 0 Å². The molecule has 0 amide bonds. The molecule has 0 radical (unpaired) electrons. The summed E-state index contributed by atoms with van der Waals surface area (Å²) in [5.74, 6) is 0. The Bertz CT molecular complexity index is 1900. The van der Waals surface area contributed by atoms with Crippen molar-refractivity contribution >= 4 is 10.9 Å². The summed E-state index contributed by atoms with van der Waals surface area (Å²) in [5.41, 5.74) is 12.5. The number of benzene rings is 6. The second kappa shape index (κ2) is 10.5. The van der Waals surface area contributed by atoms with Crippen LogP contribution in [-0.4, -0.2) is 4.98 Å². The fourth-order valence-electron chi connectivity index (χ4n) is 5.70. The molecular formula is C39H27N. The van der Waals surface area contributed by atoms with Crippen LogP contribution >= 0.6 is 0 Å². The molecule has 6 aromatic carbocycles. The minimum atomic E-state index is 0.982. The van der Waals surface area contributed by atoms with Crippen molar-refractivity contribution in [3.63, 3.8) is 0 Å². The number of aromatic nitrogens is 1. The van der Waals surface area contributed by atoms with Gasteiger partial charge in [0.15, 0.2) is 0 Å². The van der Waals surface area contributed by atoms with Crippen LogP contribution in [-0.2, 0) is 0 Å². The summed E-state index contributed by atoms with van der Waals surface area (Å²) in [6.07, 6.45) is 0. The molecule has 1 heterocycles. The molecule has 1 aromatic heterocycles. The largest absolute Gasteiger partial charge is 0.247 e. The topological polar surface area (TPSA) is 12.9 Å². The zero-order valence-corrected chi connectivity index (χ0v) is 22.0. The molecule has 7 aromatic rings. The number of nitrogens with zero attached hydrogens (tertiary/aromatic N) is 1. The Morgan fingerprint density at radius 3 is 1.20 bits per heavy atom. The summed E-state index contributed by atoms with van der Waals surface area (Å²) in [6, 6.07) is 57.9. The zero-order valence-electron chi connectivity index (χ0n) is 22.0. The monoisotopic (exact) mass is 509 g/mol. The molecule has 0 aliphatic carbocycles. The first-order valence-electron chi connectivity index (χ1n) is 13.7. The summed E-state index contributed by atoms with van der Waals surface area (Å²) in [6.45, 7) is 0. The van der Waals surface area contributed by atoms with E-state index in [0.29, 0.717) is 0 Å². The molecule has 0 saturated heterocycles. The van der Waals surface area contributed by atoms with Crippen molar-refractivity contribution in [3.8, 4) is 55.8 Å². The summed E-state index contributed by atoms with van der Waals surface area (Å²) in [5, 5.41) is 1.16. The average molecular weight is 510 g/mol. The van der Waals surface area contributed by atoms with E-state index in [9.17, 15) is 0 Å². The summed E-state index contributed by atoms with van der Waals surface area (Å²) in [4.78, 5) is 5.43. The Kier molecular flexibility index (Phi) is 6.24. The Morgan fingerprint density at radius 2 is 0.700 bits per heavy atom. The highest BCUT2D eigenvalue weighted by molar-refractivity contribution is 6.15. The highest BCUT2D eigenvalue weighted by Gasteiger charge is 2.23. The van der Waals surface area contributed by atoms with Crippen molar-refractivity contribution in [1.82, 2.24) is 4.98 Å². The normalized spacial score (nSPS) is 11.0. The highest BCUT2D eigenvalue weighted by Crippen LogP contribution is 2.48. The van der Waals surface area contributed by atoms with Crippen molar-refractivity contribution < 1.29 is 0 Å². The first-order valence-corrected chi connectivity index (χ1v) is 13.7. The maximum Gasteiger partial charge on any atom is 0.0794 e. The minimum absolute atomic E-state index is 0.982. The molecule has 188 valence electrons. The molecule has 0 unspecified atom stereocenters. The van der Waals surface area contributed by atoms with Gasteiger partial charge in [-0.05, 0) is 39.4 Å². The maximum absolute atomic E-state index is 5.43. The second-order valence-electron chi connectivity index (χ2n) is 9.92. The van der Waals surface area contributed by atoms with Crippen LogP contribution in [0.2, 0.25) is 0 Å². The van der Waals surface area contributed by atoms with Crippen LogP contribution in [0.25, 0.3) is 66.7 Å². The second-order valence-corrected chi connectivity index (χ2v) is 9.92. The lowest BCUT2D eigenvalue weighted by molar-refractivity contribution is 1.39. The SMILES string of the molecule is c1ccc(-c2ccc3nc(-c4ccccc4)c(-c4ccccc4)c(-c4ccccc4)c3c2-c2ccccc2)cc1. The van der Waals surface area contributed by atoms with Crippen LogP contribution in [0.5, 0.6) is 0 Å². The first-order chi connectivity index (χ1) is 19.9. The number of pyridine rings is 1. The van der Waals surface area contributed by atoms with E-state index < -0.39 is 0 Å². The van der Waals surface area contributed by atoms with E-state index in [2.05, 4.69) is 164 Å². The van der Waals surface area contributed by atoms with Gasteiger partial charge in [0.25, 0.3) is 0 Å². The Balaban J connectivity index is 1.73. The third-order valence-electron chi connectivity index (χ3n) is 7.47. The van der Waals surface area contributed by atoms with Crippen LogP contribution < -0.4 is 0 Å². The summed E-state index contributed by atoms with van der Waals surface area (Å²) >= 11 is 0.